The highest BCUT2D eigenvalue weighted by molar-refractivity contribution is 8.76. The SMILES string of the molecule is CC(C)CCC[C@@H](C)[C@H]1CCC2C3CC=C4C[C@@H](SSCCC(=O)NCCCCCC(=O)N5CC[C@@H](O)C5)CC[C@]4(C)C3CC[C@@]21C. The summed E-state index contributed by atoms with van der Waals surface area (Å²) in [5.41, 5.74) is 2.76. The van der Waals surface area contributed by atoms with Crippen molar-refractivity contribution < 1.29 is 14.7 Å². The third-order valence-corrected chi connectivity index (χ3v) is 16.7. The summed E-state index contributed by atoms with van der Waals surface area (Å²) in [7, 11) is 3.94. The number of amides is 2. The number of hydrogen-bond donors (Lipinski definition) is 2. The largest absolute Gasteiger partial charge is 0.391 e. The summed E-state index contributed by atoms with van der Waals surface area (Å²) in [5.74, 6) is 6.56. The summed E-state index contributed by atoms with van der Waals surface area (Å²) in [4.78, 5) is 26.4. The molecule has 0 aromatic rings. The number of fused-ring (bicyclic) bond motifs is 5. The van der Waals surface area contributed by atoms with Crippen LogP contribution in [0.5, 0.6) is 0 Å². The molecular formula is C40H68N2O3S2. The van der Waals surface area contributed by atoms with Gasteiger partial charge in [-0.15, -0.1) is 0 Å². The van der Waals surface area contributed by atoms with E-state index in [9.17, 15) is 14.7 Å². The molecule has 268 valence electrons. The Morgan fingerprint density at radius 3 is 2.57 bits per heavy atom. The predicted octanol–water partition coefficient (Wildman–Crippen LogP) is 9.44. The molecule has 47 heavy (non-hydrogen) atoms. The van der Waals surface area contributed by atoms with Crippen LogP contribution in [0.2, 0.25) is 0 Å². The lowest BCUT2D eigenvalue weighted by molar-refractivity contribution is -0.130. The number of carbonyl (C=O) groups is 2. The number of β-amino-alcohol motifs (C(OH)–C–C–N with tert-alkyl or cyclic N) is 1. The number of unbranched alkanes of at least 4 members (excludes halogenated alkanes) is 2. The highest BCUT2D eigenvalue weighted by atomic mass is 33.1. The number of aliphatic hydroxyl groups excluding tert-OH is 1. The van der Waals surface area contributed by atoms with Gasteiger partial charge in [0.1, 0.15) is 0 Å². The summed E-state index contributed by atoms with van der Waals surface area (Å²) < 4.78 is 0. The van der Waals surface area contributed by atoms with Gasteiger partial charge >= 0.3 is 0 Å². The minimum absolute atomic E-state index is 0.154. The van der Waals surface area contributed by atoms with Gasteiger partial charge in [-0.25, -0.2) is 0 Å². The first-order valence-electron chi connectivity index (χ1n) is 19.7. The van der Waals surface area contributed by atoms with Gasteiger partial charge in [-0.1, -0.05) is 93.5 Å². The fourth-order valence-electron chi connectivity index (χ4n) is 11.0. The second kappa shape index (κ2) is 17.0. The fourth-order valence-corrected chi connectivity index (χ4v) is 13.7. The third-order valence-electron chi connectivity index (χ3n) is 13.8. The first kappa shape index (κ1) is 37.6. The molecule has 2 amide bonds. The van der Waals surface area contributed by atoms with Crippen molar-refractivity contribution in [1.29, 1.82) is 0 Å². The maximum absolute atomic E-state index is 12.4. The zero-order chi connectivity index (χ0) is 33.6. The van der Waals surface area contributed by atoms with Crippen molar-refractivity contribution in [2.24, 2.45) is 46.3 Å². The van der Waals surface area contributed by atoms with Crippen molar-refractivity contribution in [2.45, 2.75) is 155 Å². The number of allylic oxidation sites excluding steroid dienone is 2. The lowest BCUT2D eigenvalue weighted by atomic mass is 9.47. The molecule has 0 aromatic heterocycles. The number of likely N-dealkylation sites (tertiary alicyclic amines) is 1. The van der Waals surface area contributed by atoms with Crippen LogP contribution < -0.4 is 5.32 Å². The number of nitrogens with zero attached hydrogens (tertiary/aromatic N) is 1. The van der Waals surface area contributed by atoms with Crippen molar-refractivity contribution in [2.75, 3.05) is 25.4 Å². The maximum Gasteiger partial charge on any atom is 0.222 e. The molecule has 0 spiro atoms. The molecule has 5 rings (SSSR count). The molecule has 5 aliphatic rings. The average molecular weight is 689 g/mol. The molecule has 9 atom stereocenters. The van der Waals surface area contributed by atoms with E-state index in [-0.39, 0.29) is 17.9 Å². The molecule has 3 saturated carbocycles. The lowest BCUT2D eigenvalue weighted by Gasteiger charge is -2.58. The molecule has 0 radical (unpaired) electrons. The Kier molecular flexibility index (Phi) is 13.6. The van der Waals surface area contributed by atoms with Crippen molar-refractivity contribution >= 4 is 33.4 Å². The van der Waals surface area contributed by atoms with Crippen LogP contribution in [0.15, 0.2) is 11.6 Å². The summed E-state index contributed by atoms with van der Waals surface area (Å²) in [5, 5.41) is 13.4. The standard InChI is InChI=1S/C40H68N2O3S2/c1-28(2)10-9-11-29(3)34-15-16-35-33-14-13-30-26-32(17-21-39(30,4)36(33)18-22-40(34,35)5)47-46-25-20-37(44)41-23-8-6-7-12-38(45)42-24-19-31(43)27-42/h13,28-29,31-36,43H,6-12,14-27H2,1-5H3,(H,41,44)/t29-,31-,32+,33?,34-,35?,36?,39+,40-/m1/s1. The molecule has 1 saturated heterocycles. The molecule has 2 N–H and O–H groups in total. The third kappa shape index (κ3) is 9.18. The van der Waals surface area contributed by atoms with Crippen molar-refractivity contribution in [1.82, 2.24) is 10.2 Å². The monoisotopic (exact) mass is 688 g/mol. The van der Waals surface area contributed by atoms with Gasteiger partial charge in [0.05, 0.1) is 6.10 Å². The molecule has 5 nitrogen and oxygen atoms in total. The molecule has 0 aromatic carbocycles. The quantitative estimate of drug-likeness (QED) is 0.0961. The van der Waals surface area contributed by atoms with Gasteiger partial charge in [0, 0.05) is 43.5 Å². The van der Waals surface area contributed by atoms with Gasteiger partial charge in [0.15, 0.2) is 0 Å². The van der Waals surface area contributed by atoms with E-state index in [2.05, 4.69) is 46.0 Å². The zero-order valence-corrected chi connectivity index (χ0v) is 32.2. The van der Waals surface area contributed by atoms with Crippen LogP contribution in [0, 0.1) is 46.3 Å². The fraction of sp³-hybridized carbons (Fsp3) is 0.900. The molecule has 3 unspecified atom stereocenters. The number of carbonyl (C=O) groups excluding carboxylic acids is 2. The summed E-state index contributed by atoms with van der Waals surface area (Å²) >= 11 is 0. The maximum atomic E-state index is 12.4. The number of rotatable bonds is 16. The van der Waals surface area contributed by atoms with Crippen LogP contribution in [0.1, 0.15) is 144 Å². The number of aliphatic hydroxyl groups is 1. The average Bonchev–Trinajstić information content (AvgIpc) is 3.63. The van der Waals surface area contributed by atoms with Crippen LogP contribution in [0.4, 0.5) is 0 Å². The van der Waals surface area contributed by atoms with Gasteiger partial charge < -0.3 is 15.3 Å². The lowest BCUT2D eigenvalue weighted by Crippen LogP contribution is -2.50. The highest BCUT2D eigenvalue weighted by Crippen LogP contribution is 2.67. The summed E-state index contributed by atoms with van der Waals surface area (Å²) in [6.45, 7) is 14.6. The van der Waals surface area contributed by atoms with E-state index in [1.807, 2.05) is 21.6 Å². The smallest absolute Gasteiger partial charge is 0.222 e. The Morgan fingerprint density at radius 1 is 0.979 bits per heavy atom. The Balaban J connectivity index is 0.979. The number of hydrogen-bond acceptors (Lipinski definition) is 5. The normalized spacial score (nSPS) is 35.6. The van der Waals surface area contributed by atoms with Gasteiger partial charge in [-0.2, -0.15) is 0 Å². The molecule has 1 aliphatic heterocycles. The molecule has 7 heteroatoms. The van der Waals surface area contributed by atoms with Crippen LogP contribution >= 0.6 is 21.6 Å². The minimum Gasteiger partial charge on any atom is -0.391 e. The van der Waals surface area contributed by atoms with E-state index >= 15 is 0 Å². The Hall–Kier alpha value is -0.660. The summed E-state index contributed by atoms with van der Waals surface area (Å²) in [6, 6.07) is 0. The first-order valence-corrected chi connectivity index (χ1v) is 22.1. The first-order chi connectivity index (χ1) is 22.5. The van der Waals surface area contributed by atoms with Crippen LogP contribution in [-0.4, -0.2) is 58.6 Å². The highest BCUT2D eigenvalue weighted by Gasteiger charge is 2.59. The van der Waals surface area contributed by atoms with Gasteiger partial charge in [0.25, 0.3) is 0 Å². The van der Waals surface area contributed by atoms with E-state index in [1.165, 1.54) is 70.6 Å². The molecule has 0 bridgehead atoms. The molecule has 1 heterocycles. The van der Waals surface area contributed by atoms with E-state index < -0.39 is 0 Å². The Morgan fingerprint density at radius 2 is 1.81 bits per heavy atom. The molecule has 4 fully saturated rings. The second-order valence-electron chi connectivity index (χ2n) is 17.3. The van der Waals surface area contributed by atoms with Gasteiger partial charge in [-0.05, 0) is 117 Å². The molecule has 4 aliphatic carbocycles. The number of nitrogens with one attached hydrogen (secondary N) is 1. The van der Waals surface area contributed by atoms with Gasteiger partial charge in [0.2, 0.25) is 11.8 Å². The topological polar surface area (TPSA) is 69.6 Å². The molecular weight excluding hydrogens is 621 g/mol. The predicted molar refractivity (Wildman–Crippen MR) is 200 cm³/mol. The van der Waals surface area contributed by atoms with Crippen LogP contribution in [0.25, 0.3) is 0 Å². The summed E-state index contributed by atoms with van der Waals surface area (Å²) in [6.07, 6.45) is 22.3. The Labute approximate surface area is 295 Å². The van der Waals surface area contributed by atoms with Gasteiger partial charge in [-0.3, -0.25) is 9.59 Å². The minimum atomic E-state index is -0.349. The van der Waals surface area contributed by atoms with Crippen molar-refractivity contribution in [3.05, 3.63) is 11.6 Å². The van der Waals surface area contributed by atoms with E-state index in [1.54, 1.807) is 10.5 Å². The Bertz CT molecular complexity index is 1080. The van der Waals surface area contributed by atoms with E-state index in [0.29, 0.717) is 55.0 Å². The zero-order valence-electron chi connectivity index (χ0n) is 30.6. The van der Waals surface area contributed by atoms with E-state index in [0.717, 1.165) is 60.5 Å². The van der Waals surface area contributed by atoms with E-state index in [4.69, 9.17) is 0 Å². The second-order valence-corrected chi connectivity index (χ2v) is 20.1. The van der Waals surface area contributed by atoms with Crippen molar-refractivity contribution in [3.8, 4) is 0 Å². The van der Waals surface area contributed by atoms with Crippen LogP contribution in [0.3, 0.4) is 0 Å². The van der Waals surface area contributed by atoms with Crippen molar-refractivity contribution in [3.63, 3.8) is 0 Å². The van der Waals surface area contributed by atoms with Crippen LogP contribution in [-0.2, 0) is 9.59 Å².